The summed E-state index contributed by atoms with van der Waals surface area (Å²) in [6, 6.07) is -0.707. The van der Waals surface area contributed by atoms with Crippen molar-refractivity contribution in [2.24, 2.45) is 5.92 Å². The molecule has 0 aromatic carbocycles. The number of hydrogen-bond acceptors (Lipinski definition) is 4. The molecule has 0 bridgehead atoms. The highest BCUT2D eigenvalue weighted by Gasteiger charge is 2.30. The third kappa shape index (κ3) is 5.40. The van der Waals surface area contributed by atoms with E-state index in [4.69, 9.17) is 4.74 Å². The molecule has 1 N–H and O–H groups in total. The van der Waals surface area contributed by atoms with Crippen molar-refractivity contribution in [3.63, 3.8) is 0 Å². The fourth-order valence-electron chi connectivity index (χ4n) is 3.16. The van der Waals surface area contributed by atoms with E-state index in [0.717, 1.165) is 6.42 Å². The topological polar surface area (TPSA) is 58.6 Å². The summed E-state index contributed by atoms with van der Waals surface area (Å²) in [5.41, 5.74) is 0. The summed E-state index contributed by atoms with van der Waals surface area (Å²) in [4.78, 5) is 25.8. The van der Waals surface area contributed by atoms with E-state index in [1.54, 1.807) is 14.2 Å². The number of carbonyl (C=O) groups excluding carboxylic acids is 2. The summed E-state index contributed by atoms with van der Waals surface area (Å²) in [7, 11) is 5.06. The van der Waals surface area contributed by atoms with Gasteiger partial charge >= 0.3 is 0 Å². The quantitative estimate of drug-likeness (QED) is 0.739. The van der Waals surface area contributed by atoms with Gasteiger partial charge in [-0.1, -0.05) is 32.1 Å². The molecule has 0 radical (unpaired) electrons. The molecular weight excluding hydrogens is 268 g/mol. The van der Waals surface area contributed by atoms with Crippen molar-refractivity contribution < 1.29 is 14.3 Å². The average Bonchev–Trinajstić information content (AvgIpc) is 2.49. The lowest BCUT2D eigenvalue weighted by molar-refractivity contribution is -0.141. The van der Waals surface area contributed by atoms with E-state index in [2.05, 4.69) is 5.32 Å². The van der Waals surface area contributed by atoms with Crippen molar-refractivity contribution in [1.82, 2.24) is 10.2 Å². The van der Waals surface area contributed by atoms with Gasteiger partial charge in [0.1, 0.15) is 6.04 Å². The summed E-state index contributed by atoms with van der Waals surface area (Å²) < 4.78 is 5.06. The number of carbonyl (C=O) groups is 2. The number of hydrogen-bond donors (Lipinski definition) is 1. The number of methoxy groups -OCH3 is 1. The summed E-state index contributed by atoms with van der Waals surface area (Å²) in [5.74, 6) is 0.562. The molecule has 5 nitrogen and oxygen atoms in total. The minimum atomic E-state index is -0.496. The molecule has 0 saturated heterocycles. The Bertz CT molecular complexity index is 340. The largest absolute Gasteiger partial charge is 0.382 e. The molecule has 1 saturated carbocycles. The molecule has 0 spiro atoms. The van der Waals surface area contributed by atoms with Gasteiger partial charge in [-0.3, -0.25) is 9.59 Å². The second-order valence-electron chi connectivity index (χ2n) is 6.11. The van der Waals surface area contributed by atoms with Gasteiger partial charge in [0.05, 0.1) is 12.6 Å². The Kier molecular flexibility index (Phi) is 7.89. The van der Waals surface area contributed by atoms with Crippen LogP contribution in [0.1, 0.15) is 45.4 Å². The zero-order valence-electron chi connectivity index (χ0n) is 13.9. The van der Waals surface area contributed by atoms with Gasteiger partial charge in [0.15, 0.2) is 5.78 Å². The maximum absolute atomic E-state index is 12.6. The summed E-state index contributed by atoms with van der Waals surface area (Å²) in [6.07, 6.45) is 7.13. The van der Waals surface area contributed by atoms with Crippen LogP contribution in [-0.2, 0) is 14.3 Å². The Morgan fingerprint density at radius 1 is 1.29 bits per heavy atom. The lowest BCUT2D eigenvalue weighted by atomic mass is 9.84. The minimum Gasteiger partial charge on any atom is -0.382 e. The lowest BCUT2D eigenvalue weighted by Gasteiger charge is -2.31. The van der Waals surface area contributed by atoms with Crippen molar-refractivity contribution >= 4 is 11.7 Å². The highest BCUT2D eigenvalue weighted by Crippen LogP contribution is 2.27. The molecule has 1 amide bonds. The van der Waals surface area contributed by atoms with E-state index < -0.39 is 6.04 Å². The van der Waals surface area contributed by atoms with Crippen LogP contribution in [0, 0.1) is 5.92 Å². The molecule has 122 valence electrons. The van der Waals surface area contributed by atoms with Crippen molar-refractivity contribution in [3.8, 4) is 0 Å². The number of nitrogens with zero attached hydrogens (tertiary/aromatic N) is 1. The van der Waals surface area contributed by atoms with Gasteiger partial charge in [0.2, 0.25) is 5.91 Å². The van der Waals surface area contributed by atoms with E-state index in [1.165, 1.54) is 43.9 Å². The molecule has 21 heavy (non-hydrogen) atoms. The van der Waals surface area contributed by atoms with E-state index in [0.29, 0.717) is 5.92 Å². The van der Waals surface area contributed by atoms with Crippen LogP contribution < -0.4 is 5.32 Å². The first-order valence-electron chi connectivity index (χ1n) is 7.94. The summed E-state index contributed by atoms with van der Waals surface area (Å²) in [6.45, 7) is 1.75. The van der Waals surface area contributed by atoms with E-state index in [-0.39, 0.29) is 24.3 Å². The van der Waals surface area contributed by atoms with Crippen LogP contribution in [0.5, 0.6) is 0 Å². The molecule has 0 heterocycles. The fourth-order valence-corrected chi connectivity index (χ4v) is 3.16. The van der Waals surface area contributed by atoms with Gasteiger partial charge in [-0.2, -0.15) is 0 Å². The molecule has 1 fully saturated rings. The lowest BCUT2D eigenvalue weighted by Crippen LogP contribution is -2.52. The Morgan fingerprint density at radius 3 is 2.38 bits per heavy atom. The molecule has 0 aromatic heterocycles. The third-order valence-electron chi connectivity index (χ3n) is 4.55. The van der Waals surface area contributed by atoms with Gasteiger partial charge in [-0.25, -0.2) is 0 Å². The average molecular weight is 298 g/mol. The molecule has 1 rings (SSSR count). The molecule has 0 aliphatic heterocycles. The van der Waals surface area contributed by atoms with Gasteiger partial charge in [0, 0.05) is 14.2 Å². The van der Waals surface area contributed by atoms with Crippen molar-refractivity contribution in [2.75, 3.05) is 27.8 Å². The first kappa shape index (κ1) is 18.1. The van der Waals surface area contributed by atoms with Crippen LogP contribution in [0.15, 0.2) is 0 Å². The predicted octanol–water partition coefficient (Wildman–Crippen LogP) is 1.61. The SMILES string of the molecule is CNC(CC1CCCCC1)C(=O)N(C)C(COC)C(C)=O. The van der Waals surface area contributed by atoms with Crippen LogP contribution >= 0.6 is 0 Å². The highest BCUT2D eigenvalue weighted by molar-refractivity contribution is 5.89. The molecule has 2 unspecified atom stereocenters. The van der Waals surface area contributed by atoms with Gasteiger partial charge in [-0.15, -0.1) is 0 Å². The van der Waals surface area contributed by atoms with E-state index >= 15 is 0 Å². The first-order valence-corrected chi connectivity index (χ1v) is 7.94. The second-order valence-corrected chi connectivity index (χ2v) is 6.11. The van der Waals surface area contributed by atoms with Gasteiger partial charge in [0.25, 0.3) is 0 Å². The van der Waals surface area contributed by atoms with Gasteiger partial charge in [-0.05, 0) is 26.3 Å². The maximum atomic E-state index is 12.6. The van der Waals surface area contributed by atoms with Gasteiger partial charge < -0.3 is 15.0 Å². The molecule has 1 aliphatic rings. The van der Waals surface area contributed by atoms with Crippen molar-refractivity contribution in [3.05, 3.63) is 0 Å². The van der Waals surface area contributed by atoms with E-state index in [9.17, 15) is 9.59 Å². The number of rotatable bonds is 8. The van der Waals surface area contributed by atoms with Crippen molar-refractivity contribution in [1.29, 1.82) is 0 Å². The number of Topliss-reactive ketones (excluding diaryl/α,β-unsaturated/α-hetero) is 1. The molecule has 2 atom stereocenters. The predicted molar refractivity (Wildman–Crippen MR) is 83.2 cm³/mol. The van der Waals surface area contributed by atoms with Crippen molar-refractivity contribution in [2.45, 2.75) is 57.5 Å². The van der Waals surface area contributed by atoms with Crippen LogP contribution in [0.25, 0.3) is 0 Å². The standard InChI is InChI=1S/C16H30N2O3/c1-12(19)15(11-21-4)18(3)16(20)14(17-2)10-13-8-6-5-7-9-13/h13-15,17H,5-11H2,1-4H3. The Balaban J connectivity index is 2.64. The minimum absolute atomic E-state index is 0.0136. The van der Waals surface area contributed by atoms with Crippen LogP contribution in [-0.4, -0.2) is 56.5 Å². The Labute approximate surface area is 128 Å². The zero-order chi connectivity index (χ0) is 15.8. The molecule has 0 aromatic rings. The number of likely N-dealkylation sites (N-methyl/N-ethyl adjacent to an activating group) is 2. The van der Waals surface area contributed by atoms with Crippen LogP contribution in [0.3, 0.4) is 0 Å². The monoisotopic (exact) mass is 298 g/mol. The normalized spacial score (nSPS) is 19.0. The number of amides is 1. The maximum Gasteiger partial charge on any atom is 0.240 e. The molecule has 1 aliphatic carbocycles. The van der Waals surface area contributed by atoms with E-state index in [1.807, 2.05) is 7.05 Å². The number of nitrogens with one attached hydrogen (secondary N) is 1. The summed E-state index contributed by atoms with van der Waals surface area (Å²) >= 11 is 0. The highest BCUT2D eigenvalue weighted by atomic mass is 16.5. The summed E-state index contributed by atoms with van der Waals surface area (Å²) in [5, 5.41) is 3.12. The zero-order valence-corrected chi connectivity index (χ0v) is 13.9. The number of ketones is 1. The Morgan fingerprint density at radius 2 is 1.90 bits per heavy atom. The molecular formula is C16H30N2O3. The van der Waals surface area contributed by atoms with Crippen LogP contribution in [0.2, 0.25) is 0 Å². The molecule has 5 heteroatoms. The number of ether oxygens (including phenoxy) is 1. The smallest absolute Gasteiger partial charge is 0.240 e. The first-order chi connectivity index (χ1) is 10.0. The fraction of sp³-hybridized carbons (Fsp3) is 0.875. The third-order valence-corrected chi connectivity index (χ3v) is 4.55. The Hall–Kier alpha value is -0.940. The second kappa shape index (κ2) is 9.15. The van der Waals surface area contributed by atoms with Crippen LogP contribution in [0.4, 0.5) is 0 Å².